The molecule has 1 aliphatic carbocycles. The number of nitrogens with zero attached hydrogens (tertiary/aromatic N) is 1. The monoisotopic (exact) mass is 261 g/mol. The van der Waals surface area contributed by atoms with Gasteiger partial charge in [-0.15, -0.1) is 0 Å². The molecule has 0 heterocycles. The SMILES string of the molecule is Cc1ccc(NN)c(C(=O)N(CC2CC2)C(C)C)c1. The number of rotatable bonds is 5. The first-order chi connectivity index (χ1) is 9.02. The lowest BCUT2D eigenvalue weighted by molar-refractivity contribution is 0.0697. The van der Waals surface area contributed by atoms with E-state index in [2.05, 4.69) is 19.3 Å². The molecule has 104 valence electrons. The highest BCUT2D eigenvalue weighted by molar-refractivity contribution is 6.00. The van der Waals surface area contributed by atoms with E-state index in [4.69, 9.17) is 5.84 Å². The molecular formula is C15H23N3O. The zero-order valence-electron chi connectivity index (χ0n) is 11.9. The fourth-order valence-corrected chi connectivity index (χ4v) is 2.22. The highest BCUT2D eigenvalue weighted by atomic mass is 16.2. The number of anilines is 1. The van der Waals surface area contributed by atoms with Crippen molar-refractivity contribution in [1.29, 1.82) is 0 Å². The smallest absolute Gasteiger partial charge is 0.256 e. The molecule has 4 heteroatoms. The fraction of sp³-hybridized carbons (Fsp3) is 0.533. The Morgan fingerprint density at radius 1 is 1.47 bits per heavy atom. The minimum atomic E-state index is 0.0681. The van der Waals surface area contributed by atoms with Gasteiger partial charge in [0, 0.05) is 12.6 Å². The Kier molecular flexibility index (Phi) is 4.10. The second kappa shape index (κ2) is 5.61. The van der Waals surface area contributed by atoms with Crippen LogP contribution < -0.4 is 11.3 Å². The highest BCUT2D eigenvalue weighted by Gasteiger charge is 2.29. The van der Waals surface area contributed by atoms with E-state index in [9.17, 15) is 4.79 Å². The zero-order valence-corrected chi connectivity index (χ0v) is 11.9. The largest absolute Gasteiger partial charge is 0.336 e. The maximum Gasteiger partial charge on any atom is 0.256 e. The molecule has 1 aromatic carbocycles. The zero-order chi connectivity index (χ0) is 14.0. The van der Waals surface area contributed by atoms with Crippen LogP contribution in [0.15, 0.2) is 18.2 Å². The lowest BCUT2D eigenvalue weighted by Gasteiger charge is -2.27. The van der Waals surface area contributed by atoms with Crippen LogP contribution in [0.3, 0.4) is 0 Å². The predicted molar refractivity (Wildman–Crippen MR) is 77.9 cm³/mol. The standard InChI is InChI=1S/C15H23N3O/c1-10(2)18(9-12-5-6-12)15(19)13-8-11(3)4-7-14(13)17-16/h4,7-8,10,12,17H,5-6,9,16H2,1-3H3. The first-order valence-corrected chi connectivity index (χ1v) is 6.91. The Hall–Kier alpha value is -1.55. The molecule has 0 saturated heterocycles. The van der Waals surface area contributed by atoms with E-state index in [1.807, 2.05) is 30.0 Å². The molecule has 2 rings (SSSR count). The van der Waals surface area contributed by atoms with E-state index in [-0.39, 0.29) is 11.9 Å². The molecule has 0 spiro atoms. The van der Waals surface area contributed by atoms with Crippen LogP contribution in [0, 0.1) is 12.8 Å². The first-order valence-electron chi connectivity index (χ1n) is 6.91. The summed E-state index contributed by atoms with van der Waals surface area (Å²) in [5.74, 6) is 6.26. The van der Waals surface area contributed by atoms with Crippen molar-refractivity contribution in [2.75, 3.05) is 12.0 Å². The van der Waals surface area contributed by atoms with E-state index in [0.717, 1.165) is 12.1 Å². The van der Waals surface area contributed by atoms with E-state index >= 15 is 0 Å². The van der Waals surface area contributed by atoms with Gasteiger partial charge >= 0.3 is 0 Å². The van der Waals surface area contributed by atoms with Gasteiger partial charge in [-0.1, -0.05) is 11.6 Å². The number of nitrogens with two attached hydrogens (primary N) is 1. The Bertz CT molecular complexity index is 466. The predicted octanol–water partition coefficient (Wildman–Crippen LogP) is 2.54. The van der Waals surface area contributed by atoms with Crippen molar-refractivity contribution in [2.45, 2.75) is 39.7 Å². The number of hydrogen-bond donors (Lipinski definition) is 2. The van der Waals surface area contributed by atoms with E-state index < -0.39 is 0 Å². The molecule has 1 aliphatic rings. The third-order valence-corrected chi connectivity index (χ3v) is 3.60. The molecule has 0 unspecified atom stereocenters. The molecular weight excluding hydrogens is 238 g/mol. The van der Waals surface area contributed by atoms with Gasteiger partial charge in [0.1, 0.15) is 0 Å². The summed E-state index contributed by atoms with van der Waals surface area (Å²) in [5, 5.41) is 0. The van der Waals surface area contributed by atoms with Crippen LogP contribution in [0.2, 0.25) is 0 Å². The average molecular weight is 261 g/mol. The van der Waals surface area contributed by atoms with E-state index in [1.54, 1.807) is 0 Å². The molecule has 1 amide bonds. The van der Waals surface area contributed by atoms with Crippen molar-refractivity contribution in [3.8, 4) is 0 Å². The Balaban J connectivity index is 2.26. The summed E-state index contributed by atoms with van der Waals surface area (Å²) in [6.45, 7) is 6.96. The van der Waals surface area contributed by atoms with Crippen LogP contribution in [0.4, 0.5) is 5.69 Å². The third-order valence-electron chi connectivity index (χ3n) is 3.60. The van der Waals surface area contributed by atoms with Crippen LogP contribution >= 0.6 is 0 Å². The van der Waals surface area contributed by atoms with Crippen LogP contribution in [0.25, 0.3) is 0 Å². The number of carbonyl (C=O) groups excluding carboxylic acids is 1. The number of hydrogen-bond acceptors (Lipinski definition) is 3. The number of benzene rings is 1. The Morgan fingerprint density at radius 3 is 2.68 bits per heavy atom. The summed E-state index contributed by atoms with van der Waals surface area (Å²) in [6, 6.07) is 5.92. The summed E-state index contributed by atoms with van der Waals surface area (Å²) in [6.07, 6.45) is 2.48. The van der Waals surface area contributed by atoms with Crippen LogP contribution in [-0.4, -0.2) is 23.4 Å². The minimum Gasteiger partial charge on any atom is -0.336 e. The van der Waals surface area contributed by atoms with Gasteiger partial charge in [0.2, 0.25) is 0 Å². The Morgan fingerprint density at radius 2 is 2.16 bits per heavy atom. The van der Waals surface area contributed by atoms with E-state index in [0.29, 0.717) is 17.2 Å². The van der Waals surface area contributed by atoms with Gasteiger partial charge in [0.05, 0.1) is 11.3 Å². The molecule has 1 fully saturated rings. The number of aryl methyl sites for hydroxylation is 1. The van der Waals surface area contributed by atoms with Gasteiger partial charge < -0.3 is 10.3 Å². The quantitative estimate of drug-likeness (QED) is 0.632. The lowest BCUT2D eigenvalue weighted by Crippen LogP contribution is -2.39. The van der Waals surface area contributed by atoms with E-state index in [1.165, 1.54) is 12.8 Å². The maximum absolute atomic E-state index is 12.7. The molecule has 19 heavy (non-hydrogen) atoms. The molecule has 0 radical (unpaired) electrons. The normalized spacial score (nSPS) is 14.6. The summed E-state index contributed by atoms with van der Waals surface area (Å²) >= 11 is 0. The van der Waals surface area contributed by atoms with Gasteiger partial charge in [-0.2, -0.15) is 0 Å². The fourth-order valence-electron chi connectivity index (χ4n) is 2.22. The number of hydrazine groups is 1. The molecule has 1 saturated carbocycles. The van der Waals surface area contributed by atoms with Crippen LogP contribution in [-0.2, 0) is 0 Å². The molecule has 3 N–H and O–H groups in total. The van der Waals surface area contributed by atoms with Gasteiger partial charge in [0.25, 0.3) is 5.91 Å². The number of amides is 1. The van der Waals surface area contributed by atoms with Crippen molar-refractivity contribution >= 4 is 11.6 Å². The number of nitrogen functional groups attached to an aromatic ring is 1. The van der Waals surface area contributed by atoms with Crippen LogP contribution in [0.5, 0.6) is 0 Å². The van der Waals surface area contributed by atoms with Crippen molar-refractivity contribution < 1.29 is 4.79 Å². The minimum absolute atomic E-state index is 0.0681. The molecule has 0 bridgehead atoms. The summed E-state index contributed by atoms with van der Waals surface area (Å²) < 4.78 is 0. The maximum atomic E-state index is 12.7. The van der Waals surface area contributed by atoms with Gasteiger partial charge in [-0.05, 0) is 51.7 Å². The van der Waals surface area contributed by atoms with Crippen molar-refractivity contribution in [3.63, 3.8) is 0 Å². The second-order valence-corrected chi connectivity index (χ2v) is 5.69. The topological polar surface area (TPSA) is 58.4 Å². The molecule has 0 aromatic heterocycles. The second-order valence-electron chi connectivity index (χ2n) is 5.69. The highest BCUT2D eigenvalue weighted by Crippen LogP contribution is 2.31. The number of carbonyl (C=O) groups is 1. The third kappa shape index (κ3) is 3.26. The van der Waals surface area contributed by atoms with Crippen molar-refractivity contribution in [3.05, 3.63) is 29.3 Å². The molecule has 4 nitrogen and oxygen atoms in total. The first kappa shape index (κ1) is 13.9. The van der Waals surface area contributed by atoms with Crippen molar-refractivity contribution in [1.82, 2.24) is 4.90 Å². The van der Waals surface area contributed by atoms with Crippen molar-refractivity contribution in [2.24, 2.45) is 11.8 Å². The summed E-state index contributed by atoms with van der Waals surface area (Å²) in [4.78, 5) is 14.7. The summed E-state index contributed by atoms with van der Waals surface area (Å²) in [7, 11) is 0. The number of nitrogens with one attached hydrogen (secondary N) is 1. The average Bonchev–Trinajstić information content (AvgIpc) is 3.18. The molecule has 0 atom stereocenters. The van der Waals surface area contributed by atoms with Crippen LogP contribution in [0.1, 0.15) is 42.6 Å². The lowest BCUT2D eigenvalue weighted by atomic mass is 10.1. The summed E-state index contributed by atoms with van der Waals surface area (Å²) in [5.41, 5.74) is 5.04. The van der Waals surface area contributed by atoms with Gasteiger partial charge in [-0.25, -0.2) is 0 Å². The molecule has 0 aliphatic heterocycles. The molecule has 1 aromatic rings. The van der Waals surface area contributed by atoms with Gasteiger partial charge in [-0.3, -0.25) is 10.6 Å². The Labute approximate surface area is 114 Å². The van der Waals surface area contributed by atoms with Gasteiger partial charge in [0.15, 0.2) is 0 Å².